The van der Waals surface area contributed by atoms with Crippen LogP contribution in [0.15, 0.2) is 4.99 Å². The number of nitrogens with zero attached hydrogens (tertiary/aromatic N) is 2. The SMILES string of the molecule is CN=C(N)NCC(C(C)C)N1CCOCC1. The highest BCUT2D eigenvalue weighted by Gasteiger charge is 2.23. The molecule has 0 aromatic carbocycles. The summed E-state index contributed by atoms with van der Waals surface area (Å²) in [6.45, 7) is 9.01. The largest absolute Gasteiger partial charge is 0.379 e. The number of nitrogens with one attached hydrogen (secondary N) is 1. The van der Waals surface area contributed by atoms with Gasteiger partial charge in [0.15, 0.2) is 5.96 Å². The van der Waals surface area contributed by atoms with Gasteiger partial charge >= 0.3 is 0 Å². The Bertz CT molecular complexity index is 224. The van der Waals surface area contributed by atoms with Gasteiger partial charge in [-0.2, -0.15) is 0 Å². The van der Waals surface area contributed by atoms with Gasteiger partial charge in [-0.3, -0.25) is 9.89 Å². The summed E-state index contributed by atoms with van der Waals surface area (Å²) >= 11 is 0. The van der Waals surface area contributed by atoms with Crippen molar-refractivity contribution in [3.05, 3.63) is 0 Å². The molecule has 5 nitrogen and oxygen atoms in total. The zero-order valence-corrected chi connectivity index (χ0v) is 10.6. The van der Waals surface area contributed by atoms with E-state index in [1.165, 1.54) is 0 Å². The Morgan fingerprint density at radius 1 is 1.44 bits per heavy atom. The van der Waals surface area contributed by atoms with Gasteiger partial charge in [-0.1, -0.05) is 13.8 Å². The zero-order valence-electron chi connectivity index (χ0n) is 10.6. The van der Waals surface area contributed by atoms with Gasteiger partial charge in [-0.25, -0.2) is 0 Å². The second-order valence-corrected chi connectivity index (χ2v) is 4.45. The minimum Gasteiger partial charge on any atom is -0.379 e. The van der Waals surface area contributed by atoms with Crippen molar-refractivity contribution in [2.75, 3.05) is 39.9 Å². The van der Waals surface area contributed by atoms with E-state index in [9.17, 15) is 0 Å². The second kappa shape index (κ2) is 6.70. The molecule has 0 saturated carbocycles. The molecule has 0 aromatic heterocycles. The number of hydrogen-bond donors (Lipinski definition) is 2. The first-order valence-electron chi connectivity index (χ1n) is 5.93. The lowest BCUT2D eigenvalue weighted by molar-refractivity contribution is 0.00755. The van der Waals surface area contributed by atoms with Crippen LogP contribution in [0.4, 0.5) is 0 Å². The lowest BCUT2D eigenvalue weighted by Crippen LogP contribution is -2.52. The topological polar surface area (TPSA) is 62.9 Å². The molecular formula is C11H24N4O. The minimum absolute atomic E-state index is 0.490. The van der Waals surface area contributed by atoms with E-state index in [0.717, 1.165) is 32.8 Å². The average molecular weight is 228 g/mol. The monoisotopic (exact) mass is 228 g/mol. The van der Waals surface area contributed by atoms with Crippen molar-refractivity contribution in [2.45, 2.75) is 19.9 Å². The fraction of sp³-hybridized carbons (Fsp3) is 0.909. The summed E-state index contributed by atoms with van der Waals surface area (Å²) in [5, 5.41) is 3.16. The summed E-state index contributed by atoms with van der Waals surface area (Å²) < 4.78 is 5.37. The van der Waals surface area contributed by atoms with E-state index in [1.807, 2.05) is 0 Å². The van der Waals surface area contributed by atoms with Crippen LogP contribution in [0.3, 0.4) is 0 Å². The van der Waals surface area contributed by atoms with Gasteiger partial charge in [-0.15, -0.1) is 0 Å². The van der Waals surface area contributed by atoms with Crippen molar-refractivity contribution in [3.63, 3.8) is 0 Å². The molecule has 94 valence electrons. The Morgan fingerprint density at radius 2 is 2.06 bits per heavy atom. The van der Waals surface area contributed by atoms with Crippen LogP contribution >= 0.6 is 0 Å². The summed E-state index contributed by atoms with van der Waals surface area (Å²) in [4.78, 5) is 6.37. The fourth-order valence-electron chi connectivity index (χ4n) is 1.98. The van der Waals surface area contributed by atoms with Crippen LogP contribution in [0.5, 0.6) is 0 Å². The molecule has 1 aliphatic rings. The molecule has 0 amide bonds. The normalized spacial score (nSPS) is 21.1. The predicted octanol–water partition coefficient (Wildman–Crippen LogP) is -0.123. The Hall–Kier alpha value is -0.810. The van der Waals surface area contributed by atoms with Crippen LogP contribution < -0.4 is 11.1 Å². The number of morpholine rings is 1. The third-order valence-corrected chi connectivity index (χ3v) is 3.02. The third-order valence-electron chi connectivity index (χ3n) is 3.02. The van der Waals surface area contributed by atoms with Crippen LogP contribution in [0.1, 0.15) is 13.8 Å². The van der Waals surface area contributed by atoms with Crippen molar-refractivity contribution in [3.8, 4) is 0 Å². The number of aliphatic imine (C=N–C) groups is 1. The quantitative estimate of drug-likeness (QED) is 0.520. The third kappa shape index (κ3) is 3.98. The minimum atomic E-state index is 0.490. The highest BCUT2D eigenvalue weighted by Crippen LogP contribution is 2.11. The first-order chi connectivity index (χ1) is 7.65. The molecule has 1 atom stereocenters. The van der Waals surface area contributed by atoms with Crippen LogP contribution in [-0.4, -0.2) is 56.8 Å². The van der Waals surface area contributed by atoms with E-state index in [1.54, 1.807) is 7.05 Å². The first-order valence-corrected chi connectivity index (χ1v) is 5.93. The van der Waals surface area contributed by atoms with E-state index in [2.05, 4.69) is 29.1 Å². The van der Waals surface area contributed by atoms with Gasteiger partial charge in [0.25, 0.3) is 0 Å². The molecule has 1 aliphatic heterocycles. The van der Waals surface area contributed by atoms with E-state index >= 15 is 0 Å². The molecule has 0 bridgehead atoms. The van der Waals surface area contributed by atoms with Crippen LogP contribution in [0, 0.1) is 5.92 Å². The molecule has 16 heavy (non-hydrogen) atoms. The Morgan fingerprint density at radius 3 is 2.56 bits per heavy atom. The highest BCUT2D eigenvalue weighted by atomic mass is 16.5. The van der Waals surface area contributed by atoms with Crippen LogP contribution in [-0.2, 0) is 4.74 Å². The molecule has 0 aliphatic carbocycles. The number of guanidine groups is 1. The van der Waals surface area contributed by atoms with E-state index in [0.29, 0.717) is 17.9 Å². The molecular weight excluding hydrogens is 204 g/mol. The fourth-order valence-corrected chi connectivity index (χ4v) is 1.98. The molecule has 1 fully saturated rings. The maximum absolute atomic E-state index is 5.65. The lowest BCUT2D eigenvalue weighted by Gasteiger charge is -2.37. The van der Waals surface area contributed by atoms with Gasteiger partial charge in [0.2, 0.25) is 0 Å². The molecule has 0 radical (unpaired) electrons. The van der Waals surface area contributed by atoms with Crippen molar-refractivity contribution in [1.82, 2.24) is 10.2 Å². The molecule has 0 aromatic rings. The van der Waals surface area contributed by atoms with Gasteiger partial charge in [-0.05, 0) is 5.92 Å². The Labute approximate surface area is 98.0 Å². The lowest BCUT2D eigenvalue weighted by atomic mass is 10.0. The summed E-state index contributed by atoms with van der Waals surface area (Å²) in [6.07, 6.45) is 0. The Kier molecular flexibility index (Phi) is 5.55. The number of ether oxygens (including phenoxy) is 1. The predicted molar refractivity (Wildman–Crippen MR) is 66.6 cm³/mol. The molecule has 1 saturated heterocycles. The second-order valence-electron chi connectivity index (χ2n) is 4.45. The maximum Gasteiger partial charge on any atom is 0.188 e. The van der Waals surface area contributed by atoms with E-state index in [-0.39, 0.29) is 0 Å². The molecule has 5 heteroatoms. The number of rotatable bonds is 4. The van der Waals surface area contributed by atoms with Gasteiger partial charge < -0.3 is 15.8 Å². The van der Waals surface area contributed by atoms with Crippen LogP contribution in [0.2, 0.25) is 0 Å². The maximum atomic E-state index is 5.65. The van der Waals surface area contributed by atoms with Crippen molar-refractivity contribution in [2.24, 2.45) is 16.6 Å². The van der Waals surface area contributed by atoms with Crippen molar-refractivity contribution >= 4 is 5.96 Å². The summed E-state index contributed by atoms with van der Waals surface area (Å²) in [7, 11) is 1.70. The van der Waals surface area contributed by atoms with Gasteiger partial charge in [0, 0.05) is 32.7 Å². The molecule has 1 rings (SSSR count). The van der Waals surface area contributed by atoms with Gasteiger partial charge in [0.05, 0.1) is 13.2 Å². The number of hydrogen-bond acceptors (Lipinski definition) is 3. The highest BCUT2D eigenvalue weighted by molar-refractivity contribution is 5.77. The molecule has 0 spiro atoms. The van der Waals surface area contributed by atoms with Crippen molar-refractivity contribution in [1.29, 1.82) is 0 Å². The Balaban J connectivity index is 2.46. The van der Waals surface area contributed by atoms with Crippen LogP contribution in [0.25, 0.3) is 0 Å². The molecule has 1 unspecified atom stereocenters. The summed E-state index contributed by atoms with van der Waals surface area (Å²) in [5.74, 6) is 1.11. The molecule has 1 heterocycles. The standard InChI is InChI=1S/C11H24N4O/c1-9(2)10(8-14-11(12)13-3)15-4-6-16-7-5-15/h9-10H,4-8H2,1-3H3,(H3,12,13,14). The summed E-state index contributed by atoms with van der Waals surface area (Å²) in [5.41, 5.74) is 5.65. The van der Waals surface area contributed by atoms with E-state index < -0.39 is 0 Å². The number of nitrogens with two attached hydrogens (primary N) is 1. The first kappa shape index (κ1) is 13.3. The average Bonchev–Trinajstić information content (AvgIpc) is 2.30. The van der Waals surface area contributed by atoms with Gasteiger partial charge in [0.1, 0.15) is 0 Å². The summed E-state index contributed by atoms with van der Waals surface area (Å²) in [6, 6.07) is 0.490. The van der Waals surface area contributed by atoms with Crippen molar-refractivity contribution < 1.29 is 4.74 Å². The molecule has 3 N–H and O–H groups in total. The zero-order chi connectivity index (χ0) is 12.0. The van der Waals surface area contributed by atoms with E-state index in [4.69, 9.17) is 10.5 Å². The smallest absolute Gasteiger partial charge is 0.188 e.